The maximum absolute atomic E-state index is 6.04. The lowest BCUT2D eigenvalue weighted by molar-refractivity contribution is 0.714. The Kier molecular flexibility index (Phi) is 2.95. The van der Waals surface area contributed by atoms with E-state index in [0.29, 0.717) is 0 Å². The summed E-state index contributed by atoms with van der Waals surface area (Å²) in [7, 11) is 1.93. The molecule has 1 aliphatic rings. The molecule has 14 heavy (non-hydrogen) atoms. The molecule has 5 heteroatoms. The first-order valence-electron chi connectivity index (χ1n) is 4.42. The minimum absolute atomic E-state index is 0.0763. The van der Waals surface area contributed by atoms with Gasteiger partial charge in [-0.15, -0.1) is 11.6 Å². The van der Waals surface area contributed by atoms with E-state index in [0.717, 1.165) is 23.4 Å². The van der Waals surface area contributed by atoms with Crippen molar-refractivity contribution in [3.8, 4) is 0 Å². The lowest BCUT2D eigenvalue weighted by atomic mass is 10.1. The standard InChI is InChI=1S/C9H11BrClN3/c1-14-8(3-9(10)13-14)6-2-7(11)5-12-4-6/h2-3,7,12H,4-5H2,1H3. The summed E-state index contributed by atoms with van der Waals surface area (Å²) in [6, 6.07) is 2.00. The van der Waals surface area contributed by atoms with E-state index in [1.807, 2.05) is 17.8 Å². The van der Waals surface area contributed by atoms with Crippen LogP contribution in [0.25, 0.3) is 5.57 Å². The zero-order valence-corrected chi connectivity index (χ0v) is 10.1. The third-order valence-electron chi connectivity index (χ3n) is 2.22. The van der Waals surface area contributed by atoms with Gasteiger partial charge in [-0.05, 0) is 27.6 Å². The number of rotatable bonds is 1. The number of aromatic nitrogens is 2. The molecule has 1 N–H and O–H groups in total. The molecule has 2 heterocycles. The van der Waals surface area contributed by atoms with E-state index in [1.54, 1.807) is 0 Å². The Bertz CT molecular complexity index is 372. The van der Waals surface area contributed by atoms with Crippen LogP contribution in [0.5, 0.6) is 0 Å². The Hall–Kier alpha value is -0.320. The summed E-state index contributed by atoms with van der Waals surface area (Å²) in [6.45, 7) is 1.69. The van der Waals surface area contributed by atoms with Crippen LogP contribution >= 0.6 is 27.5 Å². The molecule has 1 aromatic rings. The van der Waals surface area contributed by atoms with Gasteiger partial charge in [-0.25, -0.2) is 0 Å². The SMILES string of the molecule is Cn1nc(Br)cc1C1=CC(Cl)CNC1. The zero-order chi connectivity index (χ0) is 10.1. The van der Waals surface area contributed by atoms with Crippen LogP contribution in [0.1, 0.15) is 5.69 Å². The molecule has 1 atom stereocenters. The third kappa shape index (κ3) is 2.02. The predicted molar refractivity (Wildman–Crippen MR) is 61.4 cm³/mol. The maximum atomic E-state index is 6.04. The van der Waals surface area contributed by atoms with Crippen LogP contribution in [0.4, 0.5) is 0 Å². The number of alkyl halides is 1. The fourth-order valence-corrected chi connectivity index (χ4v) is 2.31. The van der Waals surface area contributed by atoms with E-state index in [9.17, 15) is 0 Å². The van der Waals surface area contributed by atoms with Crippen LogP contribution < -0.4 is 5.32 Å². The van der Waals surface area contributed by atoms with Crippen molar-refractivity contribution >= 4 is 33.1 Å². The van der Waals surface area contributed by atoms with Crippen molar-refractivity contribution in [2.75, 3.05) is 13.1 Å². The normalized spacial score (nSPS) is 22.2. The molecule has 0 spiro atoms. The van der Waals surface area contributed by atoms with Crippen LogP contribution in [-0.2, 0) is 7.05 Å². The molecule has 1 unspecified atom stereocenters. The van der Waals surface area contributed by atoms with Crippen LogP contribution in [0.2, 0.25) is 0 Å². The minimum atomic E-state index is 0.0763. The van der Waals surface area contributed by atoms with Gasteiger partial charge in [0.25, 0.3) is 0 Å². The zero-order valence-electron chi connectivity index (χ0n) is 7.80. The Morgan fingerprint density at radius 2 is 2.50 bits per heavy atom. The first kappa shape index (κ1) is 10.2. The van der Waals surface area contributed by atoms with Crippen LogP contribution in [0.3, 0.4) is 0 Å². The summed E-state index contributed by atoms with van der Waals surface area (Å²) in [5.74, 6) is 0. The summed E-state index contributed by atoms with van der Waals surface area (Å²) in [5.41, 5.74) is 2.31. The van der Waals surface area contributed by atoms with E-state index < -0.39 is 0 Å². The van der Waals surface area contributed by atoms with Gasteiger partial charge in [0.05, 0.1) is 11.1 Å². The Morgan fingerprint density at radius 3 is 3.07 bits per heavy atom. The van der Waals surface area contributed by atoms with Gasteiger partial charge in [0.1, 0.15) is 4.60 Å². The largest absolute Gasteiger partial charge is 0.311 e. The molecule has 3 nitrogen and oxygen atoms in total. The second-order valence-corrected chi connectivity index (χ2v) is 4.69. The average Bonchev–Trinajstić information content (AvgIpc) is 2.45. The first-order chi connectivity index (χ1) is 6.66. The van der Waals surface area contributed by atoms with E-state index >= 15 is 0 Å². The van der Waals surface area contributed by atoms with Gasteiger partial charge in [-0.2, -0.15) is 5.10 Å². The molecule has 0 bridgehead atoms. The number of hydrogen-bond acceptors (Lipinski definition) is 2. The monoisotopic (exact) mass is 275 g/mol. The van der Waals surface area contributed by atoms with Crippen molar-refractivity contribution in [1.29, 1.82) is 0 Å². The van der Waals surface area contributed by atoms with E-state index in [2.05, 4.69) is 32.4 Å². The maximum Gasteiger partial charge on any atom is 0.128 e. The number of nitrogens with one attached hydrogen (secondary N) is 1. The van der Waals surface area contributed by atoms with E-state index in [4.69, 9.17) is 11.6 Å². The molecule has 0 saturated carbocycles. The topological polar surface area (TPSA) is 29.9 Å². The van der Waals surface area contributed by atoms with Crippen LogP contribution in [0, 0.1) is 0 Å². The van der Waals surface area contributed by atoms with Gasteiger partial charge in [-0.3, -0.25) is 4.68 Å². The Balaban J connectivity index is 2.34. The Labute approximate surface area is 96.3 Å². The van der Waals surface area contributed by atoms with Gasteiger partial charge >= 0.3 is 0 Å². The molecule has 0 aliphatic carbocycles. The van der Waals surface area contributed by atoms with E-state index in [-0.39, 0.29) is 5.38 Å². The van der Waals surface area contributed by atoms with Gasteiger partial charge in [0.15, 0.2) is 0 Å². The molecule has 2 rings (SSSR count). The van der Waals surface area contributed by atoms with Crippen molar-refractivity contribution in [3.63, 3.8) is 0 Å². The second kappa shape index (κ2) is 4.04. The molecule has 0 saturated heterocycles. The molecular formula is C9H11BrClN3. The molecule has 0 fully saturated rings. The quantitative estimate of drug-likeness (QED) is 0.793. The lowest BCUT2D eigenvalue weighted by Crippen LogP contribution is -2.29. The number of nitrogens with zero attached hydrogens (tertiary/aromatic N) is 2. The number of halogens is 2. The molecule has 1 aliphatic heterocycles. The lowest BCUT2D eigenvalue weighted by Gasteiger charge is -2.17. The fourth-order valence-electron chi connectivity index (χ4n) is 1.59. The molecule has 1 aromatic heterocycles. The third-order valence-corrected chi connectivity index (χ3v) is 2.88. The highest BCUT2D eigenvalue weighted by Crippen LogP contribution is 2.21. The van der Waals surface area contributed by atoms with Crippen molar-refractivity contribution in [2.45, 2.75) is 5.38 Å². The molecule has 0 radical (unpaired) electrons. The van der Waals surface area contributed by atoms with Gasteiger partial charge < -0.3 is 5.32 Å². The van der Waals surface area contributed by atoms with Crippen molar-refractivity contribution in [1.82, 2.24) is 15.1 Å². The molecule has 76 valence electrons. The molecule has 0 aromatic carbocycles. The van der Waals surface area contributed by atoms with Crippen LogP contribution in [0.15, 0.2) is 16.7 Å². The van der Waals surface area contributed by atoms with Crippen molar-refractivity contribution in [2.24, 2.45) is 7.05 Å². The van der Waals surface area contributed by atoms with Crippen molar-refractivity contribution in [3.05, 3.63) is 22.4 Å². The summed E-state index contributed by atoms with van der Waals surface area (Å²) < 4.78 is 2.71. The summed E-state index contributed by atoms with van der Waals surface area (Å²) in [6.07, 6.45) is 2.08. The fraction of sp³-hybridized carbons (Fsp3) is 0.444. The van der Waals surface area contributed by atoms with E-state index in [1.165, 1.54) is 5.57 Å². The second-order valence-electron chi connectivity index (χ2n) is 3.31. The molecular weight excluding hydrogens is 265 g/mol. The minimum Gasteiger partial charge on any atom is -0.311 e. The van der Waals surface area contributed by atoms with Crippen molar-refractivity contribution < 1.29 is 0 Å². The van der Waals surface area contributed by atoms with Gasteiger partial charge in [0, 0.05) is 20.1 Å². The first-order valence-corrected chi connectivity index (χ1v) is 5.65. The highest BCUT2D eigenvalue weighted by Gasteiger charge is 2.14. The summed E-state index contributed by atoms with van der Waals surface area (Å²) in [5, 5.41) is 7.57. The smallest absolute Gasteiger partial charge is 0.128 e. The summed E-state index contributed by atoms with van der Waals surface area (Å²) in [4.78, 5) is 0. The number of aryl methyl sites for hydroxylation is 1. The molecule has 0 amide bonds. The van der Waals surface area contributed by atoms with Gasteiger partial charge in [-0.1, -0.05) is 6.08 Å². The highest BCUT2D eigenvalue weighted by molar-refractivity contribution is 9.10. The average molecular weight is 277 g/mol. The van der Waals surface area contributed by atoms with Gasteiger partial charge in [0.2, 0.25) is 0 Å². The highest BCUT2D eigenvalue weighted by atomic mass is 79.9. The predicted octanol–water partition coefficient (Wildman–Crippen LogP) is 1.78. The van der Waals surface area contributed by atoms with Crippen LogP contribution in [-0.4, -0.2) is 28.2 Å². The summed E-state index contributed by atoms with van der Waals surface area (Å²) >= 11 is 9.39. The Morgan fingerprint density at radius 1 is 1.71 bits per heavy atom. The number of hydrogen-bond donors (Lipinski definition) is 1.